The maximum Gasteiger partial charge on any atom is 0.325 e. The topological polar surface area (TPSA) is 116 Å². The molecule has 0 aliphatic rings. The number of rotatable bonds is 6. The van der Waals surface area contributed by atoms with E-state index in [0.29, 0.717) is 51.8 Å². The third kappa shape index (κ3) is 5.04. The molecule has 0 bridgehead atoms. The molecular formula is C20H22ClN5O3. The van der Waals surface area contributed by atoms with E-state index in [2.05, 4.69) is 15.6 Å². The lowest BCUT2D eigenvalue weighted by Crippen LogP contribution is -2.30. The minimum Gasteiger partial charge on any atom is -0.618 e. The third-order valence-corrected chi connectivity index (χ3v) is 4.58. The van der Waals surface area contributed by atoms with Crippen LogP contribution in [0, 0.1) is 19.1 Å². The van der Waals surface area contributed by atoms with Gasteiger partial charge in [0.15, 0.2) is 0 Å². The van der Waals surface area contributed by atoms with E-state index in [1.54, 1.807) is 24.3 Å². The normalized spacial score (nSPS) is 10.8. The summed E-state index contributed by atoms with van der Waals surface area (Å²) in [6.45, 7) is 4.77. The van der Waals surface area contributed by atoms with Crippen molar-refractivity contribution in [2.24, 2.45) is 5.73 Å². The molecule has 0 aliphatic heterocycles. The van der Waals surface area contributed by atoms with Crippen molar-refractivity contribution in [2.75, 3.05) is 23.8 Å². The molecule has 0 atom stereocenters. The van der Waals surface area contributed by atoms with Crippen LogP contribution in [0.4, 0.5) is 16.3 Å². The summed E-state index contributed by atoms with van der Waals surface area (Å²) in [5.74, 6) is 0.593. The minimum atomic E-state index is -0.577. The zero-order valence-corrected chi connectivity index (χ0v) is 16.9. The summed E-state index contributed by atoms with van der Waals surface area (Å²) >= 11 is 6.03. The van der Waals surface area contributed by atoms with Gasteiger partial charge in [-0.05, 0) is 62.2 Å². The Kier molecular flexibility index (Phi) is 6.36. The minimum absolute atomic E-state index is 0.126. The highest BCUT2D eigenvalue weighted by Gasteiger charge is 2.14. The number of benzene rings is 2. The zero-order chi connectivity index (χ0) is 21.0. The lowest BCUT2D eigenvalue weighted by Gasteiger charge is -2.13. The number of aromatic nitrogens is 2. The Hall–Kier alpha value is -3.10. The van der Waals surface area contributed by atoms with E-state index < -0.39 is 6.03 Å². The number of hydrogen-bond donors (Lipinski definition) is 3. The smallest absolute Gasteiger partial charge is 0.325 e. The van der Waals surface area contributed by atoms with Crippen LogP contribution in [0.25, 0.3) is 11.0 Å². The monoisotopic (exact) mass is 415 g/mol. The summed E-state index contributed by atoms with van der Waals surface area (Å²) < 4.78 is 6.32. The van der Waals surface area contributed by atoms with Gasteiger partial charge in [-0.25, -0.2) is 9.78 Å². The summed E-state index contributed by atoms with van der Waals surface area (Å²) in [6.07, 6.45) is 1.89. The molecule has 9 heteroatoms. The SMILES string of the molecule is Cc1cc2nc(NC(=O)Nc3cc(Cl)ccc3OCCCN)c[n+]([O-])c2cc1C. The zero-order valence-electron chi connectivity index (χ0n) is 16.2. The first kappa shape index (κ1) is 20.6. The van der Waals surface area contributed by atoms with Crippen LogP contribution in [-0.4, -0.2) is 24.2 Å². The number of nitrogens with two attached hydrogens (primary N) is 1. The number of carbonyl (C=O) groups is 1. The number of halogens is 1. The molecule has 0 fully saturated rings. The number of nitrogens with one attached hydrogen (secondary N) is 2. The van der Waals surface area contributed by atoms with Crippen molar-refractivity contribution in [1.29, 1.82) is 0 Å². The number of aryl methyl sites for hydroxylation is 2. The molecule has 2 amide bonds. The molecule has 0 radical (unpaired) electrons. The molecule has 1 heterocycles. The Morgan fingerprint density at radius 1 is 1.24 bits per heavy atom. The van der Waals surface area contributed by atoms with Crippen molar-refractivity contribution in [3.05, 3.63) is 57.9 Å². The molecule has 3 aromatic rings. The predicted octanol–water partition coefficient (Wildman–Crippen LogP) is 3.51. The van der Waals surface area contributed by atoms with E-state index in [-0.39, 0.29) is 5.82 Å². The number of anilines is 2. The number of fused-ring (bicyclic) bond motifs is 1. The summed E-state index contributed by atoms with van der Waals surface area (Å²) in [6, 6.07) is 7.91. The maximum absolute atomic E-state index is 12.5. The second-order valence-electron chi connectivity index (χ2n) is 6.59. The molecule has 3 rings (SSSR count). The molecule has 0 saturated carbocycles. The van der Waals surface area contributed by atoms with E-state index in [9.17, 15) is 10.0 Å². The highest BCUT2D eigenvalue weighted by atomic mass is 35.5. The largest absolute Gasteiger partial charge is 0.618 e. The van der Waals surface area contributed by atoms with Crippen molar-refractivity contribution >= 4 is 40.2 Å². The van der Waals surface area contributed by atoms with Crippen LogP contribution in [0.1, 0.15) is 17.5 Å². The van der Waals surface area contributed by atoms with Gasteiger partial charge in [0.05, 0.1) is 12.3 Å². The maximum atomic E-state index is 12.5. The van der Waals surface area contributed by atoms with Crippen LogP contribution in [0.5, 0.6) is 5.75 Å². The lowest BCUT2D eigenvalue weighted by molar-refractivity contribution is -0.576. The van der Waals surface area contributed by atoms with Gasteiger partial charge in [-0.2, -0.15) is 4.73 Å². The van der Waals surface area contributed by atoms with Crippen LogP contribution in [0.2, 0.25) is 5.02 Å². The molecule has 0 spiro atoms. The van der Waals surface area contributed by atoms with Gasteiger partial charge in [-0.3, -0.25) is 5.32 Å². The van der Waals surface area contributed by atoms with Crippen molar-refractivity contribution in [2.45, 2.75) is 20.3 Å². The predicted molar refractivity (Wildman–Crippen MR) is 113 cm³/mol. The van der Waals surface area contributed by atoms with Crippen LogP contribution < -0.4 is 25.8 Å². The van der Waals surface area contributed by atoms with Crippen molar-refractivity contribution in [3.63, 3.8) is 0 Å². The van der Waals surface area contributed by atoms with Crippen LogP contribution in [-0.2, 0) is 0 Å². The van der Waals surface area contributed by atoms with Crippen LogP contribution in [0.3, 0.4) is 0 Å². The van der Waals surface area contributed by atoms with Crippen molar-refractivity contribution < 1.29 is 14.3 Å². The number of carbonyl (C=O) groups excluding carboxylic acids is 1. The standard InChI is InChI=1S/C20H22ClN5O3/c1-12-8-15-17(9-13(12)2)26(28)11-19(23-15)25-20(27)24-16-10-14(21)4-5-18(16)29-7-3-6-22/h4-5,8-11H,3,6-7,22H2,1-2H3,(H2,23,24,25,27). The van der Waals surface area contributed by atoms with Gasteiger partial charge in [0.1, 0.15) is 11.3 Å². The molecular weight excluding hydrogens is 394 g/mol. The molecule has 8 nitrogen and oxygen atoms in total. The molecule has 0 unspecified atom stereocenters. The Bertz CT molecular complexity index is 1060. The van der Waals surface area contributed by atoms with Gasteiger partial charge >= 0.3 is 6.03 Å². The Morgan fingerprint density at radius 3 is 2.76 bits per heavy atom. The van der Waals surface area contributed by atoms with Crippen molar-refractivity contribution in [3.8, 4) is 5.75 Å². The van der Waals surface area contributed by atoms with E-state index >= 15 is 0 Å². The van der Waals surface area contributed by atoms with Crippen LogP contribution in [0.15, 0.2) is 36.5 Å². The van der Waals surface area contributed by atoms with Gasteiger partial charge in [0, 0.05) is 11.1 Å². The van der Waals surface area contributed by atoms with E-state index in [4.69, 9.17) is 22.1 Å². The number of nitrogens with zero attached hydrogens (tertiary/aromatic N) is 2. The molecule has 4 N–H and O–H groups in total. The summed E-state index contributed by atoms with van der Waals surface area (Å²) in [7, 11) is 0. The Labute approximate surface area is 173 Å². The average Bonchev–Trinajstić information content (AvgIpc) is 2.65. The fourth-order valence-corrected chi connectivity index (χ4v) is 2.88. The van der Waals surface area contributed by atoms with Gasteiger partial charge in [-0.15, -0.1) is 0 Å². The number of ether oxygens (including phenoxy) is 1. The average molecular weight is 416 g/mol. The van der Waals surface area contributed by atoms with Gasteiger partial charge in [-0.1, -0.05) is 11.6 Å². The fraction of sp³-hybridized carbons (Fsp3) is 0.250. The first-order chi connectivity index (χ1) is 13.9. The lowest BCUT2D eigenvalue weighted by atomic mass is 10.1. The number of urea groups is 1. The van der Waals surface area contributed by atoms with E-state index in [1.807, 2.05) is 19.9 Å². The van der Waals surface area contributed by atoms with Crippen LogP contribution >= 0.6 is 11.6 Å². The fourth-order valence-electron chi connectivity index (χ4n) is 2.71. The molecule has 29 heavy (non-hydrogen) atoms. The first-order valence-corrected chi connectivity index (χ1v) is 9.47. The molecule has 0 saturated heterocycles. The molecule has 2 aromatic carbocycles. The Balaban J connectivity index is 1.79. The summed E-state index contributed by atoms with van der Waals surface area (Å²) in [5.41, 5.74) is 8.80. The van der Waals surface area contributed by atoms with Gasteiger partial charge in [0.25, 0.3) is 0 Å². The van der Waals surface area contributed by atoms with Gasteiger partial charge in [0.2, 0.25) is 17.5 Å². The number of amides is 2. The van der Waals surface area contributed by atoms with E-state index in [0.717, 1.165) is 11.1 Å². The van der Waals surface area contributed by atoms with Gasteiger partial charge < -0.3 is 21.0 Å². The third-order valence-electron chi connectivity index (χ3n) is 4.35. The highest BCUT2D eigenvalue weighted by molar-refractivity contribution is 6.31. The Morgan fingerprint density at radius 2 is 2.00 bits per heavy atom. The molecule has 1 aromatic heterocycles. The second kappa shape index (κ2) is 8.93. The molecule has 0 aliphatic carbocycles. The highest BCUT2D eigenvalue weighted by Crippen LogP contribution is 2.28. The second-order valence-corrected chi connectivity index (χ2v) is 7.02. The van der Waals surface area contributed by atoms with Crippen molar-refractivity contribution in [1.82, 2.24) is 4.98 Å². The number of hydrogen-bond acceptors (Lipinski definition) is 5. The summed E-state index contributed by atoms with van der Waals surface area (Å²) in [5, 5.41) is 18.0. The van der Waals surface area contributed by atoms with E-state index in [1.165, 1.54) is 6.20 Å². The first-order valence-electron chi connectivity index (χ1n) is 9.09. The summed E-state index contributed by atoms with van der Waals surface area (Å²) in [4.78, 5) is 16.8. The quantitative estimate of drug-likeness (QED) is 0.323. The molecule has 152 valence electrons.